The van der Waals surface area contributed by atoms with Crippen LogP contribution in [-0.4, -0.2) is 196 Å². The van der Waals surface area contributed by atoms with Crippen LogP contribution in [0.3, 0.4) is 0 Å². The number of hydrogen-bond acceptors (Lipinski definition) is 24. The monoisotopic (exact) mass is 1640 g/mol. The van der Waals surface area contributed by atoms with Gasteiger partial charge in [0, 0.05) is 81.1 Å². The average Bonchev–Trinajstić information content (AvgIpc) is 1.62. The van der Waals surface area contributed by atoms with Crippen molar-refractivity contribution in [2.45, 2.75) is 110 Å². The van der Waals surface area contributed by atoms with Gasteiger partial charge in [0.25, 0.3) is 35.4 Å². The lowest BCUT2D eigenvalue weighted by atomic mass is 9.99. The highest BCUT2D eigenvalue weighted by atomic mass is 35.5. The maximum absolute atomic E-state index is 13.3. The fraction of sp³-hybridized carbons (Fsp3) is 0.311. The van der Waals surface area contributed by atoms with Gasteiger partial charge in [-0.25, -0.2) is 4.79 Å². The molecule has 8 aromatic rings. The van der Waals surface area contributed by atoms with Gasteiger partial charge >= 0.3 is 18.1 Å². The number of alkyl halides is 3. The summed E-state index contributed by atoms with van der Waals surface area (Å²) in [5.74, 6) is -7.47. The number of thiophene rings is 2. The van der Waals surface area contributed by atoms with Crippen molar-refractivity contribution in [3.05, 3.63) is 184 Å². The van der Waals surface area contributed by atoms with E-state index in [2.05, 4.69) is 67.7 Å². The number of aliphatic carboxylic acids is 2. The number of piperidine rings is 2. The zero-order valence-corrected chi connectivity index (χ0v) is 64.3. The van der Waals surface area contributed by atoms with Gasteiger partial charge in [0.05, 0.1) is 46.5 Å². The zero-order valence-electron chi connectivity index (χ0n) is 61.2. The molecule has 2 saturated heterocycles. The number of carboxylic acid groups (broad SMARTS) is 2. The number of benzene rings is 4. The lowest BCUT2D eigenvalue weighted by molar-refractivity contribution is -0.192. The molecule has 0 saturated carbocycles. The molecule has 14 rings (SSSR count). The third-order valence-electron chi connectivity index (χ3n) is 18.5. The molecule has 33 nitrogen and oxygen atoms in total. The summed E-state index contributed by atoms with van der Waals surface area (Å²) in [6, 6.07) is 20.2. The fourth-order valence-corrected chi connectivity index (χ4v) is 15.6. The fourth-order valence-electron chi connectivity index (χ4n) is 12.9. The first-order valence-electron chi connectivity index (χ1n) is 34.9. The number of carbonyl (C=O) groups excluding carboxylic acids is 11. The molecule has 4 atom stereocenters. The van der Waals surface area contributed by atoms with E-state index in [0.717, 1.165) is 75.3 Å². The molecule has 6 aliphatic heterocycles. The highest BCUT2D eigenvalue weighted by Gasteiger charge is 2.48. The minimum Gasteiger partial charge on any atom is -0.483 e. The third-order valence-corrected chi connectivity index (χ3v) is 21.4. The normalized spacial score (nSPS) is 17.2. The highest BCUT2D eigenvalue weighted by Crippen LogP contribution is 2.43. The number of aryl methyl sites for hydroxylation is 4. The second-order valence-electron chi connectivity index (χ2n) is 26.1. The van der Waals surface area contributed by atoms with Gasteiger partial charge < -0.3 is 41.4 Å². The molecule has 0 spiro atoms. The largest absolute Gasteiger partial charge is 0.490 e. The van der Waals surface area contributed by atoms with Crippen LogP contribution >= 0.6 is 45.9 Å². The van der Waals surface area contributed by atoms with Gasteiger partial charge in [-0.15, -0.1) is 43.1 Å². The van der Waals surface area contributed by atoms with Crippen LogP contribution in [0.25, 0.3) is 10.0 Å². The second kappa shape index (κ2) is 34.8. The first-order valence-corrected chi connectivity index (χ1v) is 37.3. The topological polar surface area (TPSA) is 460 Å². The van der Waals surface area contributed by atoms with E-state index in [1.165, 1.54) is 41.3 Å². The van der Waals surface area contributed by atoms with Crippen molar-refractivity contribution in [3.63, 3.8) is 0 Å². The molecule has 6 aliphatic rings. The highest BCUT2D eigenvalue weighted by molar-refractivity contribution is 7.15. The number of carboxylic acids is 2. The van der Waals surface area contributed by atoms with Crippen LogP contribution in [0.4, 0.5) is 13.2 Å². The van der Waals surface area contributed by atoms with Crippen molar-refractivity contribution in [2.75, 3.05) is 39.4 Å². The number of nitrogens with two attached hydrogens (primary N) is 1. The van der Waals surface area contributed by atoms with E-state index in [9.17, 15) is 75.8 Å². The number of hydrogen-bond donors (Lipinski definition) is 8. The van der Waals surface area contributed by atoms with Crippen molar-refractivity contribution in [1.29, 1.82) is 0 Å². The number of aliphatic imine (C=N–C) groups is 2. The van der Waals surface area contributed by atoms with E-state index in [1.54, 1.807) is 34.8 Å². The van der Waals surface area contributed by atoms with Gasteiger partial charge in [0.1, 0.15) is 57.3 Å². The van der Waals surface area contributed by atoms with Gasteiger partial charge in [-0.05, 0) is 114 Å². The molecule has 594 valence electrons. The number of fused-ring (bicyclic) bond motifs is 8. The molecule has 11 amide bonds. The summed E-state index contributed by atoms with van der Waals surface area (Å²) in [5.41, 5.74) is 12.8. The minimum absolute atomic E-state index is 0.00109. The Morgan fingerprint density at radius 3 is 1.31 bits per heavy atom. The molecule has 40 heteroatoms. The smallest absolute Gasteiger partial charge is 0.483 e. The van der Waals surface area contributed by atoms with E-state index in [-0.39, 0.29) is 111 Å². The van der Waals surface area contributed by atoms with E-state index in [4.69, 9.17) is 58.3 Å². The van der Waals surface area contributed by atoms with Crippen molar-refractivity contribution in [3.8, 4) is 21.5 Å². The maximum atomic E-state index is 13.3. The van der Waals surface area contributed by atoms with Crippen LogP contribution in [0, 0.1) is 41.5 Å². The van der Waals surface area contributed by atoms with Gasteiger partial charge in [-0.2, -0.15) is 13.2 Å². The number of amides is 11. The number of halogens is 5. The van der Waals surface area contributed by atoms with E-state index >= 15 is 0 Å². The number of rotatable bonds is 19. The lowest BCUT2D eigenvalue weighted by Gasteiger charge is -2.27. The predicted molar refractivity (Wildman–Crippen MR) is 402 cm³/mol. The molecule has 10 heterocycles. The Kier molecular flexibility index (Phi) is 25.2. The second-order valence-corrected chi connectivity index (χ2v) is 29.4. The molecule has 9 N–H and O–H groups in total. The molecule has 0 aliphatic carbocycles. The Morgan fingerprint density at radius 2 is 0.930 bits per heavy atom. The Balaban J connectivity index is 0.000000176. The summed E-state index contributed by atoms with van der Waals surface area (Å²) in [7, 11) is 0. The van der Waals surface area contributed by atoms with Crippen LogP contribution in [0.1, 0.15) is 158 Å². The zero-order chi connectivity index (χ0) is 82.5. The van der Waals surface area contributed by atoms with E-state index in [0.29, 0.717) is 27.5 Å². The van der Waals surface area contributed by atoms with Crippen LogP contribution in [-0.2, 0) is 43.2 Å². The first-order chi connectivity index (χ1) is 54.2. The van der Waals surface area contributed by atoms with Crippen LogP contribution in [0.15, 0.2) is 94.9 Å². The summed E-state index contributed by atoms with van der Waals surface area (Å²) in [5, 5.41) is 49.2. The standard InChI is InChI=1S/C36H33ClN8O7S.C19H17ClN4O2S.C17H18N4O6.C2HF3O2/c1-17-18(2)53-36-29(17)31(20-7-9-21(37)10-8-20)40-23(32-43-42-19(3)44(32)36)15-27(47)38-13-14-39-28(48)16-52-25-6-4-5-22-30(25)35(51)45(34(22)50)24-11-12-26(46)41-33(24)49;1-9-10(2)27-19-16(9)17(12-4-6-13(20)7-5-12)21-14(8-15(25)26)18-23-22-11(3)24(18)19;18-6-7-19-13(23)8-27-11-3-1-2-9-14(11)17(26)21(16(9)25)10-4-5-12(22)20-15(10)24;3-2(4,5)1(6)7/h4-10,23-24H,11-16H2,1-3H3,(H,38,47)(H,39,48)(H,41,46,49);4-7,14H,8H2,1-3H3,(H,25,26);1-3,10H,4-8,18H2,(H,19,23)(H,20,22,24);(H,6,7)/t;14-;;/m.0../s1. The number of aromatic nitrogens is 6. The summed E-state index contributed by atoms with van der Waals surface area (Å²) in [4.78, 5) is 171. The molecular formula is C74H69Cl2F3N16O17S2. The van der Waals surface area contributed by atoms with Crippen LogP contribution < -0.4 is 41.8 Å². The first kappa shape index (κ1) is 82.7. The quantitative estimate of drug-likeness (QED) is 0.0323. The van der Waals surface area contributed by atoms with Crippen LogP contribution in [0.2, 0.25) is 10.0 Å². The van der Waals surface area contributed by atoms with Crippen molar-refractivity contribution >= 4 is 134 Å². The molecule has 0 bridgehead atoms. The summed E-state index contributed by atoms with van der Waals surface area (Å²) < 4.78 is 46.7. The van der Waals surface area contributed by atoms with E-state index < -0.39 is 108 Å². The Hall–Kier alpha value is -12.3. The molecule has 4 aromatic carbocycles. The van der Waals surface area contributed by atoms with Crippen LogP contribution in [0.5, 0.6) is 11.5 Å². The molecule has 114 heavy (non-hydrogen) atoms. The SMILES string of the molecule is Cc1sc2c(c1C)C(c1ccc(Cl)cc1)=NC(CC(=O)NCCNC(=O)COc1cccc3c1C(=O)N(C1CCC(=O)NC1=O)C3=O)c1nnc(C)n1-2.Cc1sc2c(c1C)C(c1ccc(Cl)cc1)=N[C@@H](CC(=O)O)c1nnc(C)n1-2.NCCNC(=O)COc1cccc2c1C(=O)N(C1CCC(=O)NC1=O)C2=O.O=C(O)C(F)(F)F. The molecule has 4 aromatic heterocycles. The van der Waals surface area contributed by atoms with Gasteiger partial charge in [0.15, 0.2) is 24.9 Å². The van der Waals surface area contributed by atoms with Crippen molar-refractivity contribution in [1.82, 2.24) is 65.9 Å². The number of nitrogens with zero attached hydrogens (tertiary/aromatic N) is 10. The Bertz CT molecular complexity index is 5350. The van der Waals surface area contributed by atoms with Crippen molar-refractivity contribution < 1.29 is 95.2 Å². The van der Waals surface area contributed by atoms with Gasteiger partial charge in [-0.1, -0.05) is 59.6 Å². The Morgan fingerprint density at radius 1 is 0.544 bits per heavy atom. The summed E-state index contributed by atoms with van der Waals surface area (Å²) in [6.45, 7) is 11.9. The van der Waals surface area contributed by atoms with Crippen molar-refractivity contribution in [2.24, 2.45) is 15.7 Å². The van der Waals surface area contributed by atoms with Gasteiger partial charge in [-0.3, -0.25) is 97.1 Å². The molecular weight excluding hydrogens is 1580 g/mol. The summed E-state index contributed by atoms with van der Waals surface area (Å²) >= 11 is 15.5. The Labute approximate surface area is 662 Å². The lowest BCUT2D eigenvalue weighted by Crippen LogP contribution is -2.54. The average molecular weight is 1650 g/mol. The molecule has 3 unspecified atom stereocenters. The number of ether oxygens (including phenoxy) is 2. The number of carbonyl (C=O) groups is 13. The summed E-state index contributed by atoms with van der Waals surface area (Å²) in [6.07, 6.45) is -5.16. The molecule has 2 fully saturated rings. The number of nitrogens with one attached hydrogen (secondary N) is 5. The number of imide groups is 4. The minimum atomic E-state index is -5.08. The maximum Gasteiger partial charge on any atom is 0.490 e. The van der Waals surface area contributed by atoms with E-state index in [1.807, 2.05) is 66.3 Å². The third kappa shape index (κ3) is 17.6. The predicted octanol–water partition coefficient (Wildman–Crippen LogP) is 6.35. The van der Waals surface area contributed by atoms with Gasteiger partial charge in [0.2, 0.25) is 29.5 Å². The molecule has 0 radical (unpaired) electrons.